The van der Waals surface area contributed by atoms with Gasteiger partial charge in [-0.05, 0) is 28.8 Å². The molecular formula is C21H25FN2O. The molecule has 0 aromatic heterocycles. The van der Waals surface area contributed by atoms with E-state index < -0.39 is 0 Å². The van der Waals surface area contributed by atoms with Crippen molar-refractivity contribution in [2.75, 3.05) is 39.3 Å². The monoisotopic (exact) mass is 340 g/mol. The van der Waals surface area contributed by atoms with E-state index in [0.717, 1.165) is 44.8 Å². The predicted molar refractivity (Wildman–Crippen MR) is 99.8 cm³/mol. The predicted octanol–water partition coefficient (Wildman–Crippen LogP) is 3.16. The number of piperazine rings is 1. The van der Waals surface area contributed by atoms with Gasteiger partial charge in [-0.15, -0.1) is 0 Å². The van der Waals surface area contributed by atoms with Crippen molar-refractivity contribution in [3.63, 3.8) is 0 Å². The first-order valence-electron chi connectivity index (χ1n) is 8.80. The zero-order valence-electron chi connectivity index (χ0n) is 14.4. The highest BCUT2D eigenvalue weighted by molar-refractivity contribution is 5.67. The zero-order valence-corrected chi connectivity index (χ0v) is 14.4. The molecule has 1 N–H and O–H groups in total. The molecule has 1 aliphatic heterocycles. The first-order chi connectivity index (χ1) is 12.3. The standard InChI is InChI=1S/C21H25FN2O/c22-20-9-7-18(8-10-20)21-6-2-1-5-19(21)17-24-14-12-23(13-15-24)11-3-4-16-25/h1-10,25H,11-17H2. The number of aliphatic hydroxyl groups is 1. The Hall–Kier alpha value is -2.01. The van der Waals surface area contributed by atoms with Gasteiger partial charge in [0.25, 0.3) is 0 Å². The van der Waals surface area contributed by atoms with Gasteiger partial charge in [0.1, 0.15) is 5.82 Å². The third-order valence-electron chi connectivity index (χ3n) is 4.67. The lowest BCUT2D eigenvalue weighted by Gasteiger charge is -2.34. The SMILES string of the molecule is OCC=CCN1CCN(Cc2ccccc2-c2ccc(F)cc2)CC1. The molecule has 132 valence electrons. The third-order valence-corrected chi connectivity index (χ3v) is 4.67. The molecule has 0 atom stereocenters. The minimum absolute atomic E-state index is 0.111. The summed E-state index contributed by atoms with van der Waals surface area (Å²) in [5.41, 5.74) is 3.52. The number of aliphatic hydroxyl groups excluding tert-OH is 1. The van der Waals surface area contributed by atoms with Crippen molar-refractivity contribution in [2.45, 2.75) is 6.54 Å². The van der Waals surface area contributed by atoms with Gasteiger partial charge in [-0.3, -0.25) is 9.80 Å². The van der Waals surface area contributed by atoms with Crippen molar-refractivity contribution in [3.05, 3.63) is 72.1 Å². The summed E-state index contributed by atoms with van der Waals surface area (Å²) in [6, 6.07) is 15.1. The quantitative estimate of drug-likeness (QED) is 0.819. The van der Waals surface area contributed by atoms with Gasteiger partial charge < -0.3 is 5.11 Å². The van der Waals surface area contributed by atoms with Crippen LogP contribution in [0, 0.1) is 5.82 Å². The van der Waals surface area contributed by atoms with Crippen LogP contribution in [0.3, 0.4) is 0 Å². The normalized spacial score (nSPS) is 16.6. The van der Waals surface area contributed by atoms with Crippen LogP contribution in [0.15, 0.2) is 60.7 Å². The van der Waals surface area contributed by atoms with Crippen molar-refractivity contribution < 1.29 is 9.50 Å². The Bertz CT molecular complexity index is 691. The Morgan fingerprint density at radius 1 is 0.880 bits per heavy atom. The number of nitrogens with zero attached hydrogens (tertiary/aromatic N) is 2. The molecule has 0 unspecified atom stereocenters. The van der Waals surface area contributed by atoms with Gasteiger partial charge in [-0.25, -0.2) is 4.39 Å². The maximum Gasteiger partial charge on any atom is 0.123 e. The Morgan fingerprint density at radius 3 is 2.28 bits per heavy atom. The maximum atomic E-state index is 13.2. The smallest absolute Gasteiger partial charge is 0.123 e. The third kappa shape index (κ3) is 4.98. The highest BCUT2D eigenvalue weighted by atomic mass is 19.1. The van der Waals surface area contributed by atoms with Crippen molar-refractivity contribution in [3.8, 4) is 11.1 Å². The lowest BCUT2D eigenvalue weighted by atomic mass is 9.99. The first-order valence-corrected chi connectivity index (χ1v) is 8.80. The summed E-state index contributed by atoms with van der Waals surface area (Å²) in [7, 11) is 0. The van der Waals surface area contributed by atoms with Crippen LogP contribution in [-0.4, -0.2) is 54.2 Å². The minimum atomic E-state index is -0.201. The van der Waals surface area contributed by atoms with Gasteiger partial charge in [0.15, 0.2) is 0 Å². The zero-order chi connectivity index (χ0) is 17.5. The number of halogens is 1. The Labute approximate surface area is 149 Å². The van der Waals surface area contributed by atoms with Crippen molar-refractivity contribution in [2.24, 2.45) is 0 Å². The average molecular weight is 340 g/mol. The molecule has 0 aliphatic carbocycles. The molecule has 1 heterocycles. The van der Waals surface area contributed by atoms with Crippen LogP contribution < -0.4 is 0 Å². The summed E-state index contributed by atoms with van der Waals surface area (Å²) in [5, 5.41) is 8.80. The summed E-state index contributed by atoms with van der Waals surface area (Å²) >= 11 is 0. The molecule has 1 fully saturated rings. The molecule has 0 radical (unpaired) electrons. The summed E-state index contributed by atoms with van der Waals surface area (Å²) in [4.78, 5) is 4.86. The van der Waals surface area contributed by atoms with Gasteiger partial charge in [0, 0.05) is 39.3 Å². The Morgan fingerprint density at radius 2 is 1.56 bits per heavy atom. The fourth-order valence-corrected chi connectivity index (χ4v) is 3.24. The summed E-state index contributed by atoms with van der Waals surface area (Å²) < 4.78 is 13.2. The highest BCUT2D eigenvalue weighted by Gasteiger charge is 2.17. The lowest BCUT2D eigenvalue weighted by molar-refractivity contribution is 0.137. The molecule has 1 saturated heterocycles. The molecule has 0 amide bonds. The van der Waals surface area contributed by atoms with E-state index >= 15 is 0 Å². The molecule has 2 aromatic rings. The highest BCUT2D eigenvalue weighted by Crippen LogP contribution is 2.25. The average Bonchev–Trinajstić information content (AvgIpc) is 2.65. The van der Waals surface area contributed by atoms with Crippen molar-refractivity contribution in [1.82, 2.24) is 9.80 Å². The summed E-state index contributed by atoms with van der Waals surface area (Å²) in [6.45, 7) is 6.06. The number of hydrogen-bond donors (Lipinski definition) is 1. The van der Waals surface area contributed by atoms with Gasteiger partial charge in [-0.2, -0.15) is 0 Å². The molecule has 1 aliphatic rings. The van der Waals surface area contributed by atoms with Gasteiger partial charge in [-0.1, -0.05) is 48.6 Å². The molecule has 25 heavy (non-hydrogen) atoms. The minimum Gasteiger partial charge on any atom is -0.392 e. The van der Waals surface area contributed by atoms with E-state index in [9.17, 15) is 4.39 Å². The van der Waals surface area contributed by atoms with Crippen LogP contribution in [0.1, 0.15) is 5.56 Å². The molecular weight excluding hydrogens is 315 g/mol. The first kappa shape index (κ1) is 17.8. The van der Waals surface area contributed by atoms with Crippen LogP contribution in [-0.2, 0) is 6.54 Å². The fraction of sp³-hybridized carbons (Fsp3) is 0.333. The van der Waals surface area contributed by atoms with Gasteiger partial charge in [0.05, 0.1) is 6.61 Å². The largest absolute Gasteiger partial charge is 0.392 e. The topological polar surface area (TPSA) is 26.7 Å². The summed E-state index contributed by atoms with van der Waals surface area (Å²) in [6.07, 6.45) is 3.82. The van der Waals surface area contributed by atoms with Crippen molar-refractivity contribution in [1.29, 1.82) is 0 Å². The van der Waals surface area contributed by atoms with E-state index in [1.165, 1.54) is 23.3 Å². The second-order valence-corrected chi connectivity index (χ2v) is 6.39. The fourth-order valence-electron chi connectivity index (χ4n) is 3.24. The second kappa shape index (κ2) is 8.90. The lowest BCUT2D eigenvalue weighted by Crippen LogP contribution is -2.45. The van der Waals surface area contributed by atoms with E-state index in [2.05, 4.69) is 28.0 Å². The van der Waals surface area contributed by atoms with Crippen LogP contribution >= 0.6 is 0 Å². The molecule has 4 heteroatoms. The Kier molecular flexibility index (Phi) is 6.34. The van der Waals surface area contributed by atoms with E-state index in [0.29, 0.717) is 0 Å². The summed E-state index contributed by atoms with van der Waals surface area (Å²) in [5.74, 6) is -0.201. The molecule has 0 saturated carbocycles. The van der Waals surface area contributed by atoms with Gasteiger partial charge >= 0.3 is 0 Å². The second-order valence-electron chi connectivity index (χ2n) is 6.39. The molecule has 0 spiro atoms. The van der Waals surface area contributed by atoms with Crippen LogP contribution in [0.25, 0.3) is 11.1 Å². The van der Waals surface area contributed by atoms with E-state index in [1.54, 1.807) is 6.08 Å². The molecule has 2 aromatic carbocycles. The number of rotatable bonds is 6. The van der Waals surface area contributed by atoms with Crippen molar-refractivity contribution >= 4 is 0 Å². The molecule has 3 rings (SSSR count). The Balaban J connectivity index is 1.63. The van der Waals surface area contributed by atoms with E-state index in [1.807, 2.05) is 24.3 Å². The molecule has 0 bridgehead atoms. The number of hydrogen-bond acceptors (Lipinski definition) is 3. The molecule has 3 nitrogen and oxygen atoms in total. The van der Waals surface area contributed by atoms with Crippen LogP contribution in [0.5, 0.6) is 0 Å². The number of benzene rings is 2. The van der Waals surface area contributed by atoms with E-state index in [-0.39, 0.29) is 12.4 Å². The van der Waals surface area contributed by atoms with Crippen LogP contribution in [0.4, 0.5) is 4.39 Å². The van der Waals surface area contributed by atoms with Crippen LogP contribution in [0.2, 0.25) is 0 Å². The maximum absolute atomic E-state index is 13.2. The van der Waals surface area contributed by atoms with E-state index in [4.69, 9.17) is 5.11 Å². The van der Waals surface area contributed by atoms with Gasteiger partial charge in [0.2, 0.25) is 0 Å².